The van der Waals surface area contributed by atoms with Gasteiger partial charge in [-0.05, 0) is 24.5 Å². The van der Waals surface area contributed by atoms with E-state index < -0.39 is 6.04 Å². The van der Waals surface area contributed by atoms with Crippen LogP contribution in [0.25, 0.3) is 0 Å². The zero-order chi connectivity index (χ0) is 13.9. The van der Waals surface area contributed by atoms with Crippen molar-refractivity contribution in [3.63, 3.8) is 0 Å². The monoisotopic (exact) mass is 272 g/mol. The smallest absolute Gasteiger partial charge is 0.254 e. The molecule has 0 radical (unpaired) electrons. The van der Waals surface area contributed by atoms with Gasteiger partial charge in [-0.25, -0.2) is 0 Å². The summed E-state index contributed by atoms with van der Waals surface area (Å²) in [6.45, 7) is -0.359. The van der Waals surface area contributed by atoms with E-state index in [-0.39, 0.29) is 24.5 Å². The lowest BCUT2D eigenvalue weighted by Gasteiger charge is -2.26. The van der Waals surface area contributed by atoms with Gasteiger partial charge in [0.2, 0.25) is 0 Å². The summed E-state index contributed by atoms with van der Waals surface area (Å²) in [5, 5.41) is 12.0. The maximum Gasteiger partial charge on any atom is 0.254 e. The lowest BCUT2D eigenvalue weighted by atomic mass is 9.96. The van der Waals surface area contributed by atoms with E-state index in [2.05, 4.69) is 5.32 Å². The summed E-state index contributed by atoms with van der Waals surface area (Å²) >= 11 is 0. The van der Waals surface area contributed by atoms with Gasteiger partial charge in [0.15, 0.2) is 0 Å². The van der Waals surface area contributed by atoms with Crippen molar-refractivity contribution in [1.82, 2.24) is 5.32 Å². The Kier molecular flexibility index (Phi) is 2.41. The number of hydrogen-bond acceptors (Lipinski definition) is 3. The molecular weight excluding hydrogens is 256 g/mol. The van der Waals surface area contributed by atoms with Crippen LogP contribution in [-0.4, -0.2) is 35.6 Å². The predicted molar refractivity (Wildman–Crippen MR) is 72.6 cm³/mol. The van der Waals surface area contributed by atoms with Crippen molar-refractivity contribution in [2.24, 2.45) is 0 Å². The zero-order valence-corrected chi connectivity index (χ0v) is 11.0. The summed E-state index contributed by atoms with van der Waals surface area (Å²) in [5.41, 5.74) is 2.45. The third-order valence-electron chi connectivity index (χ3n) is 4.79. The minimum atomic E-state index is -0.831. The van der Waals surface area contributed by atoms with Crippen LogP contribution < -0.4 is 10.2 Å². The second-order valence-corrected chi connectivity index (χ2v) is 5.77. The number of aliphatic hydroxyl groups excluding tert-OH is 1. The molecule has 4 rings (SSSR count). The van der Waals surface area contributed by atoms with Crippen LogP contribution in [-0.2, 0) is 4.79 Å². The predicted octanol–water partition coefficient (Wildman–Crippen LogP) is 0.774. The molecule has 1 aromatic carbocycles. The molecule has 5 nitrogen and oxygen atoms in total. The molecule has 2 aliphatic heterocycles. The fourth-order valence-corrected chi connectivity index (χ4v) is 3.95. The number of nitrogens with one attached hydrogen (secondary N) is 1. The van der Waals surface area contributed by atoms with Crippen molar-refractivity contribution < 1.29 is 14.7 Å². The molecule has 0 spiro atoms. The molecule has 20 heavy (non-hydrogen) atoms. The van der Waals surface area contributed by atoms with E-state index in [4.69, 9.17) is 0 Å². The lowest BCUT2D eigenvalue weighted by molar-refractivity contribution is -0.121. The number of aliphatic hydroxyl groups is 1. The average Bonchev–Trinajstić information content (AvgIpc) is 3.00. The number of anilines is 1. The lowest BCUT2D eigenvalue weighted by Crippen LogP contribution is -2.50. The van der Waals surface area contributed by atoms with Crippen LogP contribution in [0.2, 0.25) is 0 Å². The Bertz CT molecular complexity index is 613. The molecule has 0 saturated heterocycles. The molecule has 1 fully saturated rings. The van der Waals surface area contributed by atoms with Crippen LogP contribution in [0.4, 0.5) is 5.69 Å². The van der Waals surface area contributed by atoms with Gasteiger partial charge in [0, 0.05) is 12.0 Å². The molecule has 104 valence electrons. The Hall–Kier alpha value is -1.88. The minimum Gasteiger partial charge on any atom is -0.394 e. The Morgan fingerprint density at radius 1 is 1.30 bits per heavy atom. The van der Waals surface area contributed by atoms with Gasteiger partial charge in [0.1, 0.15) is 6.04 Å². The van der Waals surface area contributed by atoms with Crippen molar-refractivity contribution in [3.05, 3.63) is 29.3 Å². The Balaban J connectivity index is 1.95. The number of fused-ring (bicyclic) bond motifs is 3. The standard InChI is InChI=1S/C15H16N2O3/c18-7-11-15(20)17-12-6-2-3-8(12)9-4-1-5-10(13(9)17)14(19)16-11/h1,4-5,8,11-12,18H,2-3,6-7H2,(H,16,19)/t8-,11-,12-/m0/s1. The molecule has 3 atom stereocenters. The van der Waals surface area contributed by atoms with Gasteiger partial charge in [-0.3, -0.25) is 9.59 Å². The van der Waals surface area contributed by atoms with Crippen LogP contribution >= 0.6 is 0 Å². The molecule has 1 aliphatic carbocycles. The van der Waals surface area contributed by atoms with Gasteiger partial charge < -0.3 is 15.3 Å². The molecule has 3 aliphatic rings. The number of nitrogens with zero attached hydrogens (tertiary/aromatic N) is 1. The maximum absolute atomic E-state index is 12.6. The van der Waals surface area contributed by atoms with E-state index in [1.54, 1.807) is 11.0 Å². The van der Waals surface area contributed by atoms with Crippen molar-refractivity contribution in [2.45, 2.75) is 37.3 Å². The third kappa shape index (κ3) is 1.36. The number of carbonyl (C=O) groups is 2. The van der Waals surface area contributed by atoms with E-state index in [1.807, 2.05) is 12.1 Å². The summed E-state index contributed by atoms with van der Waals surface area (Å²) in [7, 11) is 0. The van der Waals surface area contributed by atoms with Crippen LogP contribution in [0.15, 0.2) is 18.2 Å². The summed E-state index contributed by atoms with van der Waals surface area (Å²) in [5.74, 6) is -0.0997. The number of amides is 2. The Labute approximate surface area is 116 Å². The first-order chi connectivity index (χ1) is 9.72. The number of hydrogen-bond donors (Lipinski definition) is 2. The highest BCUT2D eigenvalue weighted by Crippen LogP contribution is 2.51. The molecular formula is C15H16N2O3. The van der Waals surface area contributed by atoms with Gasteiger partial charge in [-0.1, -0.05) is 18.6 Å². The topological polar surface area (TPSA) is 69.6 Å². The summed E-state index contributed by atoms with van der Waals surface area (Å²) in [6.07, 6.45) is 3.14. The van der Waals surface area contributed by atoms with E-state index in [0.717, 1.165) is 30.5 Å². The number of carbonyl (C=O) groups excluding carboxylic acids is 2. The molecule has 0 aromatic heterocycles. The van der Waals surface area contributed by atoms with Crippen molar-refractivity contribution in [3.8, 4) is 0 Å². The molecule has 0 unspecified atom stereocenters. The van der Waals surface area contributed by atoms with E-state index >= 15 is 0 Å². The Morgan fingerprint density at radius 2 is 2.15 bits per heavy atom. The maximum atomic E-state index is 12.6. The zero-order valence-electron chi connectivity index (χ0n) is 11.0. The molecule has 0 bridgehead atoms. The van der Waals surface area contributed by atoms with Crippen molar-refractivity contribution in [2.75, 3.05) is 11.5 Å². The molecule has 1 saturated carbocycles. The highest BCUT2D eigenvalue weighted by atomic mass is 16.3. The molecule has 1 aromatic rings. The normalized spacial score (nSPS) is 30.9. The first-order valence-corrected chi connectivity index (χ1v) is 7.10. The van der Waals surface area contributed by atoms with Crippen LogP contribution in [0.3, 0.4) is 0 Å². The second kappa shape index (κ2) is 4.06. The molecule has 2 heterocycles. The van der Waals surface area contributed by atoms with Crippen LogP contribution in [0.5, 0.6) is 0 Å². The van der Waals surface area contributed by atoms with E-state index in [1.165, 1.54) is 0 Å². The average molecular weight is 272 g/mol. The minimum absolute atomic E-state index is 0.153. The van der Waals surface area contributed by atoms with Crippen LogP contribution in [0, 0.1) is 0 Å². The first-order valence-electron chi connectivity index (χ1n) is 7.10. The fraction of sp³-hybridized carbons (Fsp3) is 0.467. The number of para-hydroxylation sites is 1. The second-order valence-electron chi connectivity index (χ2n) is 5.77. The van der Waals surface area contributed by atoms with Gasteiger partial charge >= 0.3 is 0 Å². The number of rotatable bonds is 1. The van der Waals surface area contributed by atoms with Crippen molar-refractivity contribution in [1.29, 1.82) is 0 Å². The van der Waals surface area contributed by atoms with Gasteiger partial charge in [-0.2, -0.15) is 0 Å². The van der Waals surface area contributed by atoms with E-state index in [0.29, 0.717) is 11.5 Å². The van der Waals surface area contributed by atoms with Gasteiger partial charge in [-0.15, -0.1) is 0 Å². The molecule has 2 amide bonds. The SMILES string of the molecule is O=C1N[C@@H](CO)C(=O)N2c3c1cccc3[C@@H]1CCC[C@@H]12. The number of benzene rings is 1. The highest BCUT2D eigenvalue weighted by molar-refractivity contribution is 6.13. The first kappa shape index (κ1) is 11.9. The third-order valence-corrected chi connectivity index (χ3v) is 4.79. The largest absolute Gasteiger partial charge is 0.394 e. The van der Waals surface area contributed by atoms with Crippen LogP contribution in [0.1, 0.15) is 41.1 Å². The quantitative estimate of drug-likeness (QED) is 0.793. The summed E-state index contributed by atoms with van der Waals surface area (Å²) in [6, 6.07) is 5.00. The molecule has 2 N–H and O–H groups in total. The molecule has 5 heteroatoms. The van der Waals surface area contributed by atoms with Gasteiger partial charge in [0.05, 0.1) is 17.9 Å². The highest BCUT2D eigenvalue weighted by Gasteiger charge is 2.48. The van der Waals surface area contributed by atoms with Gasteiger partial charge in [0.25, 0.3) is 11.8 Å². The fourth-order valence-electron chi connectivity index (χ4n) is 3.95. The summed E-state index contributed by atoms with van der Waals surface area (Å²) in [4.78, 5) is 26.7. The summed E-state index contributed by atoms with van der Waals surface area (Å²) < 4.78 is 0. The van der Waals surface area contributed by atoms with E-state index in [9.17, 15) is 14.7 Å². The van der Waals surface area contributed by atoms with Crippen molar-refractivity contribution >= 4 is 17.5 Å². The Morgan fingerprint density at radius 3 is 2.95 bits per heavy atom.